The Kier molecular flexibility index (Phi) is 7.82. The van der Waals surface area contributed by atoms with Gasteiger partial charge >= 0.3 is 12.1 Å². The van der Waals surface area contributed by atoms with Crippen LogP contribution < -0.4 is 5.32 Å². The van der Waals surface area contributed by atoms with Gasteiger partial charge in [-0.3, -0.25) is 14.6 Å². The summed E-state index contributed by atoms with van der Waals surface area (Å²) in [6.45, 7) is 3.46. The number of hydrogen-bond acceptors (Lipinski definition) is 4. The van der Waals surface area contributed by atoms with E-state index < -0.39 is 17.9 Å². The van der Waals surface area contributed by atoms with E-state index in [0.717, 1.165) is 11.1 Å². The summed E-state index contributed by atoms with van der Waals surface area (Å²) in [5.41, 5.74) is 3.76. The molecule has 1 aliphatic heterocycles. The van der Waals surface area contributed by atoms with E-state index in [0.29, 0.717) is 61.3 Å². The van der Waals surface area contributed by atoms with Crippen LogP contribution in [0.5, 0.6) is 0 Å². The predicted octanol–water partition coefficient (Wildman–Crippen LogP) is 4.33. The number of carbonyl (C=O) groups excluding carboxylic acids is 2. The monoisotopic (exact) mass is 520 g/mol. The van der Waals surface area contributed by atoms with Crippen molar-refractivity contribution >= 4 is 22.8 Å². The van der Waals surface area contributed by atoms with E-state index in [-0.39, 0.29) is 18.4 Å². The number of methoxy groups -OCH3 is 1. The van der Waals surface area contributed by atoms with Crippen molar-refractivity contribution < 1.29 is 31.9 Å². The van der Waals surface area contributed by atoms with Crippen LogP contribution in [0.3, 0.4) is 0 Å². The molecule has 3 aromatic rings. The number of aryl methyl sites for hydroxylation is 1. The smallest absolute Gasteiger partial charge is 0.383 e. The first-order valence-corrected chi connectivity index (χ1v) is 12.0. The molecule has 2 aromatic heterocycles. The first kappa shape index (κ1) is 26.6. The standard InChI is InChI=1S/C26H28F4N4O3/c1-16-5-8-31-22-20(15-34(23(16)22)11-12-37-2)24(35)33-9-6-18(7-10-33)19-13-17(3-4-21(19)27)14-32-25(36)26(28,29)30/h3-5,8,13,15,18H,6-7,9-12,14H2,1-2H3,(H,32,36). The lowest BCUT2D eigenvalue weighted by Gasteiger charge is -2.32. The summed E-state index contributed by atoms with van der Waals surface area (Å²) in [6, 6.07) is 5.93. The van der Waals surface area contributed by atoms with Gasteiger partial charge in [-0.05, 0) is 54.5 Å². The minimum Gasteiger partial charge on any atom is -0.383 e. The van der Waals surface area contributed by atoms with Gasteiger partial charge in [0.1, 0.15) is 11.3 Å². The Morgan fingerprint density at radius 2 is 1.92 bits per heavy atom. The van der Waals surface area contributed by atoms with E-state index in [2.05, 4.69) is 4.98 Å². The molecule has 3 heterocycles. The van der Waals surface area contributed by atoms with Crippen LogP contribution in [0.4, 0.5) is 17.6 Å². The van der Waals surface area contributed by atoms with Crippen molar-refractivity contribution in [2.75, 3.05) is 26.8 Å². The van der Waals surface area contributed by atoms with Crippen molar-refractivity contribution in [1.82, 2.24) is 19.8 Å². The van der Waals surface area contributed by atoms with E-state index in [1.807, 2.05) is 17.6 Å². The molecule has 198 valence electrons. The normalized spacial score (nSPS) is 14.8. The minimum atomic E-state index is -4.98. The Labute approximate surface area is 211 Å². The van der Waals surface area contributed by atoms with Gasteiger partial charge in [0.15, 0.2) is 0 Å². The van der Waals surface area contributed by atoms with Crippen molar-refractivity contribution in [1.29, 1.82) is 0 Å². The summed E-state index contributed by atoms with van der Waals surface area (Å²) in [6.07, 6.45) is -0.511. The van der Waals surface area contributed by atoms with Gasteiger partial charge in [0, 0.05) is 45.7 Å². The van der Waals surface area contributed by atoms with Gasteiger partial charge in [-0.25, -0.2) is 4.39 Å². The lowest BCUT2D eigenvalue weighted by Crippen LogP contribution is -2.38. The number of amides is 2. The number of benzene rings is 1. The molecule has 2 amide bonds. The Morgan fingerprint density at radius 3 is 2.59 bits per heavy atom. The molecule has 1 fully saturated rings. The molecule has 1 aliphatic rings. The third kappa shape index (κ3) is 5.76. The second-order valence-corrected chi connectivity index (χ2v) is 9.16. The predicted molar refractivity (Wildman–Crippen MR) is 129 cm³/mol. The number of pyridine rings is 1. The highest BCUT2D eigenvalue weighted by molar-refractivity contribution is 6.06. The van der Waals surface area contributed by atoms with E-state index in [1.165, 1.54) is 18.2 Å². The van der Waals surface area contributed by atoms with Crippen LogP contribution in [0.15, 0.2) is 36.7 Å². The molecular formula is C26H28F4N4O3. The molecule has 0 spiro atoms. The summed E-state index contributed by atoms with van der Waals surface area (Å²) in [5, 5.41) is 1.81. The molecule has 0 bridgehead atoms. The zero-order valence-corrected chi connectivity index (χ0v) is 20.6. The lowest BCUT2D eigenvalue weighted by molar-refractivity contribution is -0.173. The maximum Gasteiger partial charge on any atom is 0.471 e. The summed E-state index contributed by atoms with van der Waals surface area (Å²) >= 11 is 0. The zero-order valence-electron chi connectivity index (χ0n) is 20.6. The molecule has 7 nitrogen and oxygen atoms in total. The summed E-state index contributed by atoms with van der Waals surface area (Å²) < 4.78 is 59.2. The SMILES string of the molecule is COCCn1cc(C(=O)N2CCC(c3cc(CNC(=O)C(F)(F)F)ccc3F)CC2)c2nccc(C)c21. The fourth-order valence-corrected chi connectivity index (χ4v) is 4.78. The van der Waals surface area contributed by atoms with Crippen molar-refractivity contribution in [2.24, 2.45) is 0 Å². The number of nitrogens with one attached hydrogen (secondary N) is 1. The molecule has 0 unspecified atom stereocenters. The number of aromatic nitrogens is 2. The quantitative estimate of drug-likeness (QED) is 0.471. The highest BCUT2D eigenvalue weighted by atomic mass is 19.4. The van der Waals surface area contributed by atoms with Crippen LogP contribution in [0, 0.1) is 12.7 Å². The molecule has 1 aromatic carbocycles. The number of halogens is 4. The summed E-state index contributed by atoms with van der Waals surface area (Å²) in [4.78, 5) is 30.7. The van der Waals surface area contributed by atoms with Crippen LogP contribution in [0.2, 0.25) is 0 Å². The molecule has 1 saturated heterocycles. The van der Waals surface area contributed by atoms with Gasteiger partial charge in [0.25, 0.3) is 5.91 Å². The maximum atomic E-state index is 14.6. The Bertz CT molecular complexity index is 1300. The van der Waals surface area contributed by atoms with Gasteiger partial charge in [-0.2, -0.15) is 13.2 Å². The number of nitrogens with zero attached hydrogens (tertiary/aromatic N) is 3. The summed E-state index contributed by atoms with van der Waals surface area (Å²) in [7, 11) is 1.62. The third-order valence-electron chi connectivity index (χ3n) is 6.71. The Balaban J connectivity index is 1.46. The average Bonchev–Trinajstić information content (AvgIpc) is 3.25. The second kappa shape index (κ2) is 10.9. The van der Waals surface area contributed by atoms with Crippen LogP contribution in [0.1, 0.15) is 45.8 Å². The number of ether oxygens (including phenoxy) is 1. The number of alkyl halides is 3. The van der Waals surface area contributed by atoms with Crippen molar-refractivity contribution in [2.45, 2.75) is 44.9 Å². The minimum absolute atomic E-state index is 0.151. The van der Waals surface area contributed by atoms with Crippen LogP contribution >= 0.6 is 0 Å². The van der Waals surface area contributed by atoms with Gasteiger partial charge in [0.05, 0.1) is 17.7 Å². The highest BCUT2D eigenvalue weighted by Gasteiger charge is 2.38. The van der Waals surface area contributed by atoms with Gasteiger partial charge in [0.2, 0.25) is 0 Å². The van der Waals surface area contributed by atoms with E-state index >= 15 is 0 Å². The first-order chi connectivity index (χ1) is 17.6. The first-order valence-electron chi connectivity index (χ1n) is 12.0. The molecule has 4 rings (SSSR count). The molecule has 37 heavy (non-hydrogen) atoms. The second-order valence-electron chi connectivity index (χ2n) is 9.16. The Morgan fingerprint density at radius 1 is 1.19 bits per heavy atom. The topological polar surface area (TPSA) is 76.5 Å². The summed E-state index contributed by atoms with van der Waals surface area (Å²) in [5.74, 6) is -2.86. The molecule has 0 saturated carbocycles. The fourth-order valence-electron chi connectivity index (χ4n) is 4.78. The van der Waals surface area contributed by atoms with E-state index in [9.17, 15) is 27.2 Å². The molecule has 0 radical (unpaired) electrons. The third-order valence-corrected chi connectivity index (χ3v) is 6.71. The van der Waals surface area contributed by atoms with Crippen LogP contribution in [0.25, 0.3) is 11.0 Å². The number of piperidine rings is 1. The molecule has 0 aliphatic carbocycles. The van der Waals surface area contributed by atoms with Crippen molar-refractivity contribution in [3.63, 3.8) is 0 Å². The van der Waals surface area contributed by atoms with Gasteiger partial charge in [-0.15, -0.1) is 0 Å². The number of hydrogen-bond donors (Lipinski definition) is 1. The highest BCUT2D eigenvalue weighted by Crippen LogP contribution is 2.32. The van der Waals surface area contributed by atoms with Crippen LogP contribution in [-0.4, -0.2) is 59.2 Å². The van der Waals surface area contributed by atoms with Gasteiger partial charge in [-0.1, -0.05) is 12.1 Å². The van der Waals surface area contributed by atoms with E-state index in [4.69, 9.17) is 4.74 Å². The fraction of sp³-hybridized carbons (Fsp3) is 0.423. The molecule has 1 N–H and O–H groups in total. The lowest BCUT2D eigenvalue weighted by atomic mass is 9.88. The maximum absolute atomic E-state index is 14.6. The van der Waals surface area contributed by atoms with Gasteiger partial charge < -0.3 is 19.5 Å². The number of rotatable bonds is 7. The number of carbonyl (C=O) groups is 2. The molecular weight excluding hydrogens is 492 g/mol. The Hall–Kier alpha value is -3.47. The van der Waals surface area contributed by atoms with Crippen LogP contribution in [-0.2, 0) is 22.6 Å². The number of likely N-dealkylation sites (tertiary alicyclic amines) is 1. The van der Waals surface area contributed by atoms with E-state index in [1.54, 1.807) is 29.7 Å². The van der Waals surface area contributed by atoms with Crippen molar-refractivity contribution in [3.8, 4) is 0 Å². The molecule has 11 heteroatoms. The number of fused-ring (bicyclic) bond motifs is 1. The van der Waals surface area contributed by atoms with Crippen molar-refractivity contribution in [3.05, 3.63) is 64.7 Å². The molecule has 0 atom stereocenters. The largest absolute Gasteiger partial charge is 0.471 e. The average molecular weight is 521 g/mol. The zero-order chi connectivity index (χ0) is 26.7.